The zero-order valence-corrected chi connectivity index (χ0v) is 15.0. The minimum Gasteiger partial charge on any atom is -0.326 e. The lowest BCUT2D eigenvalue weighted by molar-refractivity contribution is -0.115. The number of halogens is 2. The normalized spacial score (nSPS) is 19.5. The number of carbonyl (C=O) groups excluding carboxylic acids is 1. The second-order valence-electron chi connectivity index (χ2n) is 6.86. The summed E-state index contributed by atoms with van der Waals surface area (Å²) in [5, 5.41) is 3.76. The lowest BCUT2D eigenvalue weighted by atomic mass is 9.97. The van der Waals surface area contributed by atoms with Gasteiger partial charge in [-0.2, -0.15) is 0 Å². The van der Waals surface area contributed by atoms with Crippen LogP contribution in [0.3, 0.4) is 0 Å². The number of nitrogens with zero attached hydrogens (tertiary/aromatic N) is 2. The Hall–Kier alpha value is -2.24. The molecule has 1 spiro atoms. The van der Waals surface area contributed by atoms with Crippen molar-refractivity contribution >= 4 is 23.2 Å². The number of likely N-dealkylation sites (tertiary alicyclic amines) is 1. The van der Waals surface area contributed by atoms with E-state index in [0.29, 0.717) is 11.3 Å². The molecular formula is C20H19ClFN3O. The second kappa shape index (κ2) is 6.82. The molecule has 6 heteroatoms. The van der Waals surface area contributed by atoms with Gasteiger partial charge >= 0.3 is 0 Å². The Morgan fingerprint density at radius 1 is 1.15 bits per heavy atom. The van der Waals surface area contributed by atoms with E-state index in [1.807, 2.05) is 24.3 Å². The Balaban J connectivity index is 1.45. The highest BCUT2D eigenvalue weighted by molar-refractivity contribution is 6.46. The van der Waals surface area contributed by atoms with Crippen molar-refractivity contribution in [3.8, 4) is 0 Å². The number of nitrogens with one attached hydrogen (secondary N) is 1. The first-order valence-electron chi connectivity index (χ1n) is 8.68. The highest BCUT2D eigenvalue weighted by Crippen LogP contribution is 2.29. The summed E-state index contributed by atoms with van der Waals surface area (Å²) in [6, 6.07) is 13.9. The predicted molar refractivity (Wildman–Crippen MR) is 99.8 cm³/mol. The molecule has 0 bridgehead atoms. The third-order valence-electron chi connectivity index (χ3n) is 4.99. The van der Waals surface area contributed by atoms with Crippen LogP contribution in [-0.4, -0.2) is 35.3 Å². The quantitative estimate of drug-likeness (QED) is 0.898. The number of carbonyl (C=O) groups is 1. The van der Waals surface area contributed by atoms with Crippen molar-refractivity contribution < 1.29 is 9.18 Å². The molecule has 0 saturated carbocycles. The summed E-state index contributed by atoms with van der Waals surface area (Å²) < 4.78 is 13.5. The molecule has 0 radical (unpaired) electrons. The molecule has 4 nitrogen and oxygen atoms in total. The summed E-state index contributed by atoms with van der Waals surface area (Å²) in [4.78, 5) is 19.4. The summed E-state index contributed by atoms with van der Waals surface area (Å²) in [7, 11) is 0. The van der Waals surface area contributed by atoms with Gasteiger partial charge in [0.2, 0.25) is 0 Å². The van der Waals surface area contributed by atoms with Crippen LogP contribution in [0, 0.1) is 5.82 Å². The van der Waals surface area contributed by atoms with Crippen molar-refractivity contribution in [2.24, 2.45) is 4.99 Å². The van der Waals surface area contributed by atoms with Gasteiger partial charge in [0.1, 0.15) is 17.2 Å². The number of benzene rings is 2. The van der Waals surface area contributed by atoms with E-state index in [1.165, 1.54) is 17.7 Å². The Bertz CT molecular complexity index is 858. The van der Waals surface area contributed by atoms with Gasteiger partial charge in [0, 0.05) is 43.1 Å². The maximum Gasteiger partial charge on any atom is 0.272 e. The SMILES string of the molecule is O=C1NC2(CCN(Cc3ccc(Cl)cc3)CC2)N=C1c1cccc(F)c1. The van der Waals surface area contributed by atoms with Crippen LogP contribution in [0.1, 0.15) is 24.0 Å². The van der Waals surface area contributed by atoms with Crippen molar-refractivity contribution in [3.05, 3.63) is 70.5 Å². The molecule has 0 aliphatic carbocycles. The van der Waals surface area contributed by atoms with Gasteiger partial charge < -0.3 is 5.32 Å². The van der Waals surface area contributed by atoms with Crippen LogP contribution in [0.5, 0.6) is 0 Å². The number of amides is 1. The summed E-state index contributed by atoms with van der Waals surface area (Å²) in [6.07, 6.45) is 1.48. The van der Waals surface area contributed by atoms with E-state index >= 15 is 0 Å². The molecule has 4 rings (SSSR count). The lowest BCUT2D eigenvalue weighted by Gasteiger charge is -2.37. The maximum absolute atomic E-state index is 13.5. The van der Waals surface area contributed by atoms with E-state index in [-0.39, 0.29) is 11.7 Å². The third-order valence-corrected chi connectivity index (χ3v) is 5.24. The van der Waals surface area contributed by atoms with Crippen LogP contribution in [0.25, 0.3) is 0 Å². The fraction of sp³-hybridized carbons (Fsp3) is 0.300. The number of rotatable bonds is 3. The van der Waals surface area contributed by atoms with Crippen molar-refractivity contribution in [1.82, 2.24) is 10.2 Å². The summed E-state index contributed by atoms with van der Waals surface area (Å²) >= 11 is 5.93. The first-order valence-corrected chi connectivity index (χ1v) is 9.06. The smallest absolute Gasteiger partial charge is 0.272 e. The van der Waals surface area contributed by atoms with Crippen LogP contribution in [0.2, 0.25) is 5.02 Å². The van der Waals surface area contributed by atoms with Gasteiger partial charge in [-0.25, -0.2) is 4.39 Å². The first kappa shape index (κ1) is 17.2. The number of hydrogen-bond acceptors (Lipinski definition) is 3. The van der Waals surface area contributed by atoms with Crippen LogP contribution in [-0.2, 0) is 11.3 Å². The number of piperidine rings is 1. The molecule has 0 unspecified atom stereocenters. The molecule has 2 aromatic rings. The van der Waals surface area contributed by atoms with Gasteiger partial charge in [-0.15, -0.1) is 0 Å². The average Bonchev–Trinajstić information content (AvgIpc) is 2.95. The largest absolute Gasteiger partial charge is 0.326 e. The van der Waals surface area contributed by atoms with E-state index in [9.17, 15) is 9.18 Å². The molecule has 1 saturated heterocycles. The van der Waals surface area contributed by atoms with Crippen LogP contribution < -0.4 is 5.32 Å². The summed E-state index contributed by atoms with van der Waals surface area (Å²) in [5.41, 5.74) is 1.51. The summed E-state index contributed by atoms with van der Waals surface area (Å²) in [5.74, 6) is -0.585. The van der Waals surface area contributed by atoms with Crippen molar-refractivity contribution in [3.63, 3.8) is 0 Å². The topological polar surface area (TPSA) is 44.7 Å². The Labute approximate surface area is 156 Å². The highest BCUT2D eigenvalue weighted by Gasteiger charge is 2.42. The van der Waals surface area contributed by atoms with Crippen LogP contribution >= 0.6 is 11.6 Å². The number of aliphatic imine (C=N–C) groups is 1. The highest BCUT2D eigenvalue weighted by atomic mass is 35.5. The van der Waals surface area contributed by atoms with E-state index < -0.39 is 5.66 Å². The van der Waals surface area contributed by atoms with Gasteiger partial charge in [0.25, 0.3) is 5.91 Å². The average molecular weight is 372 g/mol. The molecule has 1 fully saturated rings. The van der Waals surface area contributed by atoms with Crippen molar-refractivity contribution in [2.45, 2.75) is 25.0 Å². The molecule has 0 atom stereocenters. The summed E-state index contributed by atoms with van der Waals surface area (Å²) in [6.45, 7) is 2.52. The van der Waals surface area contributed by atoms with Gasteiger partial charge in [0.05, 0.1) is 0 Å². The molecule has 2 aromatic carbocycles. The molecule has 1 N–H and O–H groups in total. The Morgan fingerprint density at radius 2 is 1.88 bits per heavy atom. The Kier molecular flexibility index (Phi) is 4.51. The van der Waals surface area contributed by atoms with Crippen molar-refractivity contribution in [1.29, 1.82) is 0 Å². The fourth-order valence-electron chi connectivity index (χ4n) is 3.56. The second-order valence-corrected chi connectivity index (χ2v) is 7.30. The minimum atomic E-state index is -0.560. The van der Waals surface area contributed by atoms with E-state index in [4.69, 9.17) is 11.6 Å². The molecule has 134 valence electrons. The molecule has 2 aliphatic rings. The zero-order chi connectivity index (χ0) is 18.1. The molecule has 1 amide bonds. The number of hydrogen-bond donors (Lipinski definition) is 1. The van der Waals surface area contributed by atoms with Gasteiger partial charge in [0.15, 0.2) is 0 Å². The molecule has 0 aromatic heterocycles. The van der Waals surface area contributed by atoms with Crippen molar-refractivity contribution in [2.75, 3.05) is 13.1 Å². The molecule has 26 heavy (non-hydrogen) atoms. The Morgan fingerprint density at radius 3 is 2.58 bits per heavy atom. The fourth-order valence-corrected chi connectivity index (χ4v) is 3.69. The van der Waals surface area contributed by atoms with Crippen LogP contribution in [0.15, 0.2) is 53.5 Å². The van der Waals surface area contributed by atoms with Gasteiger partial charge in [-0.1, -0.05) is 35.9 Å². The lowest BCUT2D eigenvalue weighted by Crippen LogP contribution is -2.50. The van der Waals surface area contributed by atoms with E-state index in [2.05, 4.69) is 15.2 Å². The zero-order valence-electron chi connectivity index (χ0n) is 14.2. The van der Waals surface area contributed by atoms with Crippen LogP contribution in [0.4, 0.5) is 4.39 Å². The third kappa shape index (κ3) is 3.50. The standard InChI is InChI=1S/C20H19ClFN3O/c21-16-6-4-14(5-7-16)13-25-10-8-20(9-11-25)23-18(19(26)24-20)15-2-1-3-17(22)12-15/h1-7,12H,8-11,13H2,(H,24,26). The molecular weight excluding hydrogens is 353 g/mol. The van der Waals surface area contributed by atoms with E-state index in [0.717, 1.165) is 37.5 Å². The maximum atomic E-state index is 13.5. The predicted octanol–water partition coefficient (Wildman–Crippen LogP) is 3.39. The molecule has 2 aliphatic heterocycles. The minimum absolute atomic E-state index is 0.221. The molecule has 2 heterocycles. The van der Waals surface area contributed by atoms with Gasteiger partial charge in [-0.3, -0.25) is 14.7 Å². The first-order chi connectivity index (χ1) is 12.5. The van der Waals surface area contributed by atoms with Gasteiger partial charge in [-0.05, 0) is 29.8 Å². The monoisotopic (exact) mass is 371 g/mol. The van der Waals surface area contributed by atoms with E-state index in [1.54, 1.807) is 12.1 Å².